The molecule has 1 atom stereocenters. The first-order valence-electron chi connectivity index (χ1n) is 7.51. The number of hydrogen-bond acceptors (Lipinski definition) is 2. The van der Waals surface area contributed by atoms with E-state index in [-0.39, 0.29) is 6.10 Å². The molecular formula is C18H14Cl4N2O. The van der Waals surface area contributed by atoms with Crippen LogP contribution in [0.25, 0.3) is 0 Å². The summed E-state index contributed by atoms with van der Waals surface area (Å²) in [4.78, 5) is 0. The van der Waals surface area contributed by atoms with Crippen molar-refractivity contribution in [3.05, 3.63) is 86.1 Å². The fraction of sp³-hybridized carbons (Fsp3) is 0.167. The van der Waals surface area contributed by atoms with E-state index in [1.54, 1.807) is 35.1 Å². The molecule has 25 heavy (non-hydrogen) atoms. The van der Waals surface area contributed by atoms with Crippen LogP contribution >= 0.6 is 46.4 Å². The molecule has 0 saturated heterocycles. The highest BCUT2D eigenvalue weighted by atomic mass is 35.5. The number of nitrogens with zero attached hydrogens (tertiary/aromatic N) is 2. The summed E-state index contributed by atoms with van der Waals surface area (Å²) >= 11 is 24.5. The second-order valence-electron chi connectivity index (χ2n) is 5.43. The molecule has 0 saturated carbocycles. The Labute approximate surface area is 166 Å². The van der Waals surface area contributed by atoms with Crippen LogP contribution in [0.3, 0.4) is 0 Å². The summed E-state index contributed by atoms with van der Waals surface area (Å²) in [5, 5.41) is 6.51. The molecule has 0 radical (unpaired) electrons. The van der Waals surface area contributed by atoms with E-state index >= 15 is 0 Å². The summed E-state index contributed by atoms with van der Waals surface area (Å²) in [5.74, 6) is 0. The standard InChI is InChI=1S/C18H14Cl4N2O/c19-13-3-2-12(16(21)8-13)11-25-18(10-24-7-1-6-23-24)15-5-4-14(20)9-17(15)22/h1-9,18H,10-11H2. The first-order valence-corrected chi connectivity index (χ1v) is 9.02. The fourth-order valence-corrected chi connectivity index (χ4v) is 3.40. The first-order chi connectivity index (χ1) is 12.0. The highest BCUT2D eigenvalue weighted by molar-refractivity contribution is 6.35. The SMILES string of the molecule is Clc1ccc(COC(Cn2cccn2)c2ccc(Cl)cc2Cl)c(Cl)c1. The van der Waals surface area contributed by atoms with Crippen LogP contribution in [0.4, 0.5) is 0 Å². The third-order valence-corrected chi connectivity index (χ3v) is 4.83. The van der Waals surface area contributed by atoms with Crippen molar-refractivity contribution in [3.8, 4) is 0 Å². The van der Waals surface area contributed by atoms with E-state index < -0.39 is 0 Å². The zero-order valence-electron chi connectivity index (χ0n) is 13.0. The Morgan fingerprint density at radius 2 is 1.68 bits per heavy atom. The third-order valence-electron chi connectivity index (χ3n) is 3.68. The summed E-state index contributed by atoms with van der Waals surface area (Å²) in [5.41, 5.74) is 1.69. The molecule has 0 aliphatic carbocycles. The van der Waals surface area contributed by atoms with Gasteiger partial charge >= 0.3 is 0 Å². The van der Waals surface area contributed by atoms with Crippen molar-refractivity contribution >= 4 is 46.4 Å². The molecular weight excluding hydrogens is 402 g/mol. The van der Waals surface area contributed by atoms with Gasteiger partial charge in [-0.2, -0.15) is 5.10 Å². The number of aromatic nitrogens is 2. The van der Waals surface area contributed by atoms with Gasteiger partial charge in [0.05, 0.1) is 13.2 Å². The Balaban J connectivity index is 1.83. The number of halogens is 4. The van der Waals surface area contributed by atoms with Gasteiger partial charge in [0.15, 0.2) is 0 Å². The molecule has 0 spiro atoms. The van der Waals surface area contributed by atoms with Gasteiger partial charge in [-0.25, -0.2) is 0 Å². The van der Waals surface area contributed by atoms with Crippen LogP contribution in [-0.4, -0.2) is 9.78 Å². The van der Waals surface area contributed by atoms with Crippen LogP contribution < -0.4 is 0 Å². The lowest BCUT2D eigenvalue weighted by Crippen LogP contribution is -2.14. The summed E-state index contributed by atoms with van der Waals surface area (Å²) in [6, 6.07) is 12.5. The normalized spacial score (nSPS) is 12.3. The van der Waals surface area contributed by atoms with Crippen LogP contribution in [0.5, 0.6) is 0 Å². The Morgan fingerprint density at radius 1 is 0.960 bits per heavy atom. The Hall–Kier alpha value is -1.23. The third kappa shape index (κ3) is 4.90. The Bertz CT molecular complexity index is 852. The van der Waals surface area contributed by atoms with Crippen molar-refractivity contribution in [1.82, 2.24) is 9.78 Å². The molecule has 2 aromatic carbocycles. The minimum atomic E-state index is -0.309. The van der Waals surface area contributed by atoms with Gasteiger partial charge in [0.1, 0.15) is 6.10 Å². The largest absolute Gasteiger partial charge is 0.367 e. The van der Waals surface area contributed by atoms with E-state index in [1.807, 2.05) is 24.4 Å². The zero-order valence-corrected chi connectivity index (χ0v) is 16.0. The molecule has 1 unspecified atom stereocenters. The molecule has 1 heterocycles. The van der Waals surface area contributed by atoms with E-state index in [2.05, 4.69) is 5.10 Å². The molecule has 0 aliphatic heterocycles. The molecule has 0 bridgehead atoms. The molecule has 3 aromatic rings. The highest BCUT2D eigenvalue weighted by Crippen LogP contribution is 2.31. The van der Waals surface area contributed by atoms with Crippen molar-refractivity contribution in [3.63, 3.8) is 0 Å². The average molecular weight is 416 g/mol. The minimum absolute atomic E-state index is 0.309. The molecule has 1 aromatic heterocycles. The second kappa shape index (κ2) is 8.43. The van der Waals surface area contributed by atoms with Crippen LogP contribution in [-0.2, 0) is 17.9 Å². The van der Waals surface area contributed by atoms with Gasteiger partial charge in [0, 0.05) is 38.0 Å². The predicted molar refractivity (Wildman–Crippen MR) is 103 cm³/mol. The van der Waals surface area contributed by atoms with E-state index in [0.29, 0.717) is 33.2 Å². The summed E-state index contributed by atoms with van der Waals surface area (Å²) < 4.78 is 7.90. The smallest absolute Gasteiger partial charge is 0.104 e. The molecule has 0 aliphatic rings. The lowest BCUT2D eigenvalue weighted by Gasteiger charge is -2.20. The maximum absolute atomic E-state index is 6.36. The maximum Gasteiger partial charge on any atom is 0.104 e. The topological polar surface area (TPSA) is 27.1 Å². The molecule has 130 valence electrons. The Kier molecular flexibility index (Phi) is 6.26. The quantitative estimate of drug-likeness (QED) is 0.462. The van der Waals surface area contributed by atoms with Crippen molar-refractivity contribution in [2.75, 3.05) is 0 Å². The lowest BCUT2D eigenvalue weighted by molar-refractivity contribution is 0.0258. The van der Waals surface area contributed by atoms with Gasteiger partial charge in [-0.15, -0.1) is 0 Å². The van der Waals surface area contributed by atoms with E-state index in [4.69, 9.17) is 51.1 Å². The van der Waals surface area contributed by atoms with Gasteiger partial charge in [-0.05, 0) is 35.9 Å². The van der Waals surface area contributed by atoms with Crippen molar-refractivity contribution in [1.29, 1.82) is 0 Å². The van der Waals surface area contributed by atoms with Gasteiger partial charge in [-0.1, -0.05) is 58.5 Å². The maximum atomic E-state index is 6.36. The number of rotatable bonds is 6. The van der Waals surface area contributed by atoms with Crippen LogP contribution in [0, 0.1) is 0 Å². The summed E-state index contributed by atoms with van der Waals surface area (Å²) in [7, 11) is 0. The summed E-state index contributed by atoms with van der Waals surface area (Å²) in [6.45, 7) is 0.834. The van der Waals surface area contributed by atoms with Gasteiger partial charge in [0.25, 0.3) is 0 Å². The first kappa shape index (κ1) is 18.6. The molecule has 0 amide bonds. The van der Waals surface area contributed by atoms with Gasteiger partial charge in [0.2, 0.25) is 0 Å². The number of hydrogen-bond donors (Lipinski definition) is 0. The summed E-state index contributed by atoms with van der Waals surface area (Å²) in [6.07, 6.45) is 3.28. The molecule has 7 heteroatoms. The zero-order chi connectivity index (χ0) is 17.8. The van der Waals surface area contributed by atoms with Crippen LogP contribution in [0.2, 0.25) is 20.1 Å². The lowest BCUT2D eigenvalue weighted by atomic mass is 10.1. The van der Waals surface area contributed by atoms with E-state index in [0.717, 1.165) is 11.1 Å². The molecule has 3 rings (SSSR count). The van der Waals surface area contributed by atoms with E-state index in [9.17, 15) is 0 Å². The molecule has 3 nitrogen and oxygen atoms in total. The average Bonchev–Trinajstić information content (AvgIpc) is 3.06. The fourth-order valence-electron chi connectivity index (χ4n) is 2.41. The van der Waals surface area contributed by atoms with Crippen molar-refractivity contribution < 1.29 is 4.74 Å². The van der Waals surface area contributed by atoms with Gasteiger partial charge < -0.3 is 4.74 Å². The molecule has 0 fully saturated rings. The van der Waals surface area contributed by atoms with Crippen molar-refractivity contribution in [2.24, 2.45) is 0 Å². The van der Waals surface area contributed by atoms with Crippen molar-refractivity contribution in [2.45, 2.75) is 19.3 Å². The monoisotopic (exact) mass is 414 g/mol. The Morgan fingerprint density at radius 3 is 2.32 bits per heavy atom. The van der Waals surface area contributed by atoms with Crippen LogP contribution in [0.15, 0.2) is 54.9 Å². The van der Waals surface area contributed by atoms with Gasteiger partial charge in [-0.3, -0.25) is 4.68 Å². The second-order valence-corrected chi connectivity index (χ2v) is 7.12. The number of ether oxygens (including phenoxy) is 1. The molecule has 0 N–H and O–H groups in total. The minimum Gasteiger partial charge on any atom is -0.367 e. The number of benzene rings is 2. The van der Waals surface area contributed by atoms with E-state index in [1.165, 1.54) is 0 Å². The highest BCUT2D eigenvalue weighted by Gasteiger charge is 2.18. The predicted octanol–water partition coefficient (Wildman–Crippen LogP) is 6.45. The van der Waals surface area contributed by atoms with Crippen LogP contribution in [0.1, 0.15) is 17.2 Å².